The van der Waals surface area contributed by atoms with Crippen LogP contribution < -0.4 is 0 Å². The molecule has 0 aliphatic heterocycles. The molecule has 0 amide bonds. The number of benzene rings is 4. The van der Waals surface area contributed by atoms with Crippen LogP contribution in [0.15, 0.2) is 80.0 Å². The third-order valence-electron chi connectivity index (χ3n) is 4.93. The Balaban J connectivity index is 2.03. The summed E-state index contributed by atoms with van der Waals surface area (Å²) in [6, 6.07) is 22.8. The predicted molar refractivity (Wildman–Crippen MR) is 106 cm³/mol. The van der Waals surface area contributed by atoms with Crippen LogP contribution in [0.1, 0.15) is 0 Å². The molecule has 25 heavy (non-hydrogen) atoms. The Morgan fingerprint density at radius 2 is 1.40 bits per heavy atom. The van der Waals surface area contributed by atoms with E-state index in [0.717, 1.165) is 48.3 Å². The van der Waals surface area contributed by atoms with Crippen molar-refractivity contribution in [2.75, 3.05) is 0 Å². The molecule has 0 spiro atoms. The van der Waals surface area contributed by atoms with Gasteiger partial charge in [-0.3, -0.25) is 0 Å². The van der Waals surface area contributed by atoms with Gasteiger partial charge in [0, 0.05) is 21.5 Å². The summed E-state index contributed by atoms with van der Waals surface area (Å²) in [4.78, 5) is 0. The molecule has 0 aliphatic rings. The fraction of sp³-hybridized carbons (Fsp3) is 0. The third-order valence-corrected chi connectivity index (χ3v) is 5.52. The average molecular weight is 387 g/mol. The summed E-state index contributed by atoms with van der Waals surface area (Å²) in [5.74, 6) is 0. The van der Waals surface area contributed by atoms with Gasteiger partial charge in [0.05, 0.1) is 4.47 Å². The van der Waals surface area contributed by atoms with Crippen molar-refractivity contribution in [1.82, 2.24) is 0 Å². The van der Waals surface area contributed by atoms with Crippen LogP contribution in [-0.4, -0.2) is 0 Å². The number of hydrogen-bond acceptors (Lipinski definition) is 2. The van der Waals surface area contributed by atoms with Crippen molar-refractivity contribution in [1.29, 1.82) is 0 Å². The van der Waals surface area contributed by atoms with Crippen LogP contribution in [0.4, 0.5) is 0 Å². The Labute approximate surface area is 150 Å². The smallest absolute Gasteiger partial charge is 0.150 e. The van der Waals surface area contributed by atoms with Crippen LogP contribution in [0, 0.1) is 0 Å². The molecule has 2 heterocycles. The predicted octanol–water partition coefficient (Wildman–Crippen LogP) is 7.40. The summed E-state index contributed by atoms with van der Waals surface area (Å²) in [7, 11) is 0. The molecule has 118 valence electrons. The number of halogens is 1. The minimum absolute atomic E-state index is 0.865. The largest absolute Gasteiger partial charge is 0.456 e. The van der Waals surface area contributed by atoms with E-state index in [0.29, 0.717) is 0 Å². The maximum atomic E-state index is 6.20. The highest BCUT2D eigenvalue weighted by Crippen LogP contribution is 2.44. The second-order valence-electron chi connectivity index (χ2n) is 6.30. The fourth-order valence-electron chi connectivity index (χ4n) is 3.88. The maximum absolute atomic E-state index is 6.20. The molecule has 0 unspecified atom stereocenters. The van der Waals surface area contributed by atoms with Gasteiger partial charge in [0.15, 0.2) is 0 Å². The highest BCUT2D eigenvalue weighted by molar-refractivity contribution is 9.10. The molecule has 0 saturated carbocycles. The molecule has 4 aromatic carbocycles. The number of para-hydroxylation sites is 1. The van der Waals surface area contributed by atoms with E-state index in [1.807, 2.05) is 24.3 Å². The van der Waals surface area contributed by atoms with Crippen LogP contribution in [-0.2, 0) is 0 Å². The second-order valence-corrected chi connectivity index (χ2v) is 7.15. The van der Waals surface area contributed by atoms with E-state index in [1.165, 1.54) is 10.8 Å². The molecule has 6 aromatic rings. The lowest BCUT2D eigenvalue weighted by molar-refractivity contribution is 0.661. The minimum atomic E-state index is 0.865. The summed E-state index contributed by atoms with van der Waals surface area (Å²) >= 11 is 3.65. The summed E-state index contributed by atoms with van der Waals surface area (Å²) < 4.78 is 13.2. The fourth-order valence-corrected chi connectivity index (χ4v) is 4.37. The van der Waals surface area contributed by atoms with Crippen molar-refractivity contribution in [2.45, 2.75) is 0 Å². The molecule has 0 atom stereocenters. The van der Waals surface area contributed by atoms with Gasteiger partial charge in [-0.15, -0.1) is 0 Å². The number of rotatable bonds is 0. The van der Waals surface area contributed by atoms with E-state index >= 15 is 0 Å². The number of fused-ring (bicyclic) bond motifs is 9. The monoisotopic (exact) mass is 386 g/mol. The van der Waals surface area contributed by atoms with Crippen molar-refractivity contribution in [3.05, 3.63) is 71.2 Å². The van der Waals surface area contributed by atoms with Crippen molar-refractivity contribution in [2.24, 2.45) is 0 Å². The highest BCUT2D eigenvalue weighted by Gasteiger charge is 2.19. The van der Waals surface area contributed by atoms with E-state index < -0.39 is 0 Å². The number of furan rings is 2. The Morgan fingerprint density at radius 1 is 0.600 bits per heavy atom. The zero-order valence-corrected chi connectivity index (χ0v) is 14.6. The Hall–Kier alpha value is -2.78. The lowest BCUT2D eigenvalue weighted by Crippen LogP contribution is -1.76. The molecule has 2 nitrogen and oxygen atoms in total. The molecule has 0 fully saturated rings. The zero-order chi connectivity index (χ0) is 16.5. The van der Waals surface area contributed by atoms with Gasteiger partial charge in [-0.1, -0.05) is 48.5 Å². The standard InChI is InChI=1S/C22H11BrO2/c23-15-11-18-21(20-14-7-3-4-8-16(14)25-22(15)20)19-13-6-2-1-5-12(13)9-10-17(19)24-18/h1-11H. The Morgan fingerprint density at radius 3 is 2.32 bits per heavy atom. The molecule has 0 radical (unpaired) electrons. The second kappa shape index (κ2) is 4.64. The van der Waals surface area contributed by atoms with E-state index in [9.17, 15) is 0 Å². The summed E-state index contributed by atoms with van der Waals surface area (Å²) in [5.41, 5.74) is 3.53. The summed E-state index contributed by atoms with van der Waals surface area (Å²) in [6.45, 7) is 0. The topological polar surface area (TPSA) is 26.3 Å². The highest BCUT2D eigenvalue weighted by atomic mass is 79.9. The number of hydrogen-bond donors (Lipinski definition) is 0. The molecule has 2 aromatic heterocycles. The quantitative estimate of drug-likeness (QED) is 0.271. The molecule has 6 rings (SSSR count). The minimum Gasteiger partial charge on any atom is -0.456 e. The lowest BCUT2D eigenvalue weighted by Gasteiger charge is -2.00. The molecular weight excluding hydrogens is 376 g/mol. The van der Waals surface area contributed by atoms with Gasteiger partial charge < -0.3 is 8.83 Å². The van der Waals surface area contributed by atoms with E-state index in [2.05, 4.69) is 58.4 Å². The third kappa shape index (κ3) is 1.68. The van der Waals surface area contributed by atoms with Crippen LogP contribution in [0.5, 0.6) is 0 Å². The first-order valence-corrected chi connectivity index (χ1v) is 8.94. The Kier molecular flexibility index (Phi) is 2.51. The van der Waals surface area contributed by atoms with Gasteiger partial charge in [0.2, 0.25) is 0 Å². The van der Waals surface area contributed by atoms with Gasteiger partial charge in [0.1, 0.15) is 22.3 Å². The normalized spacial score (nSPS) is 12.2. The first-order valence-electron chi connectivity index (χ1n) is 8.15. The van der Waals surface area contributed by atoms with Crippen LogP contribution in [0.2, 0.25) is 0 Å². The maximum Gasteiger partial charge on any atom is 0.150 e. The molecule has 0 saturated heterocycles. The molecular formula is C22H11BrO2. The lowest BCUT2D eigenvalue weighted by atomic mass is 10.0. The molecule has 0 aliphatic carbocycles. The summed E-state index contributed by atoms with van der Waals surface area (Å²) in [6.07, 6.45) is 0. The van der Waals surface area contributed by atoms with Crippen molar-refractivity contribution < 1.29 is 8.83 Å². The van der Waals surface area contributed by atoms with Gasteiger partial charge in [0.25, 0.3) is 0 Å². The summed E-state index contributed by atoms with van der Waals surface area (Å²) in [5, 5.41) is 6.90. The van der Waals surface area contributed by atoms with E-state index in [-0.39, 0.29) is 0 Å². The van der Waals surface area contributed by atoms with Gasteiger partial charge in [-0.25, -0.2) is 0 Å². The van der Waals surface area contributed by atoms with Crippen molar-refractivity contribution >= 4 is 70.6 Å². The van der Waals surface area contributed by atoms with Crippen LogP contribution in [0.3, 0.4) is 0 Å². The van der Waals surface area contributed by atoms with Gasteiger partial charge in [-0.05, 0) is 44.9 Å². The van der Waals surface area contributed by atoms with Crippen LogP contribution in [0.25, 0.3) is 54.6 Å². The first kappa shape index (κ1) is 13.5. The van der Waals surface area contributed by atoms with Crippen molar-refractivity contribution in [3.8, 4) is 0 Å². The zero-order valence-electron chi connectivity index (χ0n) is 13.0. The Bertz CT molecular complexity index is 1450. The van der Waals surface area contributed by atoms with Crippen LogP contribution >= 0.6 is 15.9 Å². The van der Waals surface area contributed by atoms with E-state index in [4.69, 9.17) is 8.83 Å². The van der Waals surface area contributed by atoms with Gasteiger partial charge in [-0.2, -0.15) is 0 Å². The molecule has 3 heteroatoms. The molecule has 0 N–H and O–H groups in total. The first-order chi connectivity index (χ1) is 12.3. The average Bonchev–Trinajstić information content (AvgIpc) is 3.20. The molecule has 0 bridgehead atoms. The van der Waals surface area contributed by atoms with Crippen molar-refractivity contribution in [3.63, 3.8) is 0 Å². The van der Waals surface area contributed by atoms with Gasteiger partial charge >= 0.3 is 0 Å². The SMILES string of the molecule is Brc1cc2oc3ccc4ccccc4c3c2c2c1oc1ccccc12. The van der Waals surface area contributed by atoms with E-state index in [1.54, 1.807) is 0 Å².